The molecule has 0 spiro atoms. The van der Waals surface area contributed by atoms with Gasteiger partial charge in [0.1, 0.15) is 11.8 Å². The number of pyridine rings is 1. The van der Waals surface area contributed by atoms with Crippen LogP contribution < -0.4 is 4.90 Å². The third-order valence-corrected chi connectivity index (χ3v) is 6.42. The summed E-state index contributed by atoms with van der Waals surface area (Å²) < 4.78 is 5.65. The smallest absolute Gasteiger partial charge is 0.160 e. The highest BCUT2D eigenvalue weighted by Gasteiger charge is 2.29. The molecule has 31 heavy (non-hydrogen) atoms. The van der Waals surface area contributed by atoms with Crippen molar-refractivity contribution >= 4 is 22.4 Å². The molecule has 0 aliphatic carbocycles. The number of aromatic nitrogens is 1. The highest BCUT2D eigenvalue weighted by atomic mass is 16.5. The van der Waals surface area contributed by atoms with Crippen molar-refractivity contribution in [1.29, 1.82) is 5.26 Å². The molecule has 3 aromatic rings. The topological polar surface area (TPSA) is 66.2 Å². The number of hydrogen-bond acceptors (Lipinski definition) is 5. The van der Waals surface area contributed by atoms with Gasteiger partial charge in [0.2, 0.25) is 0 Å². The lowest BCUT2D eigenvalue weighted by atomic mass is 9.93. The predicted molar refractivity (Wildman–Crippen MR) is 123 cm³/mol. The van der Waals surface area contributed by atoms with E-state index < -0.39 is 0 Å². The second kappa shape index (κ2) is 8.13. The van der Waals surface area contributed by atoms with E-state index in [1.165, 1.54) is 0 Å². The van der Waals surface area contributed by atoms with Gasteiger partial charge in [-0.1, -0.05) is 12.1 Å². The minimum atomic E-state index is -0.0400. The summed E-state index contributed by atoms with van der Waals surface area (Å²) in [4.78, 5) is 19.1. The van der Waals surface area contributed by atoms with Crippen LogP contribution in [0, 0.1) is 18.3 Å². The molecular weight excluding hydrogens is 386 g/mol. The Labute approximate surface area is 183 Å². The van der Waals surface area contributed by atoms with Gasteiger partial charge in [-0.25, -0.2) is 4.98 Å². The van der Waals surface area contributed by atoms with Crippen LogP contribution in [0.4, 0.5) is 5.69 Å². The maximum absolute atomic E-state index is 12.2. The lowest BCUT2D eigenvalue weighted by molar-refractivity contribution is -0.0132. The van der Waals surface area contributed by atoms with E-state index in [0.717, 1.165) is 53.7 Å². The van der Waals surface area contributed by atoms with Gasteiger partial charge >= 0.3 is 0 Å². The van der Waals surface area contributed by atoms with Crippen LogP contribution >= 0.6 is 0 Å². The summed E-state index contributed by atoms with van der Waals surface area (Å²) in [5.41, 5.74) is 5.43. The fourth-order valence-electron chi connectivity index (χ4n) is 4.31. The minimum Gasteiger partial charge on any atom is -0.378 e. The van der Waals surface area contributed by atoms with E-state index in [1.807, 2.05) is 37.3 Å². The Bertz CT molecular complexity index is 1180. The molecule has 1 saturated heterocycles. The number of Topliss-reactive ketones (excluding diaryl/α,β-unsaturated/α-hetero) is 1. The fourth-order valence-corrected chi connectivity index (χ4v) is 4.31. The fraction of sp³-hybridized carbons (Fsp3) is 0.346. The third kappa shape index (κ3) is 4.04. The maximum Gasteiger partial charge on any atom is 0.160 e. The molecule has 5 nitrogen and oxygen atoms in total. The van der Waals surface area contributed by atoms with Gasteiger partial charge in [-0.3, -0.25) is 4.79 Å². The normalized spacial score (nSPS) is 15.6. The minimum absolute atomic E-state index is 0.00494. The largest absolute Gasteiger partial charge is 0.378 e. The van der Waals surface area contributed by atoms with E-state index in [4.69, 9.17) is 4.74 Å². The Balaban J connectivity index is 1.70. The quantitative estimate of drug-likeness (QED) is 0.544. The SMILES string of the molecule is COC1(C)CCN(c2ccc(-c3cc4c(C(C)=O)cc(C)cc4nc3C#N)cc2)CC1. The lowest BCUT2D eigenvalue weighted by Gasteiger charge is -2.39. The van der Waals surface area contributed by atoms with Crippen molar-refractivity contribution in [1.82, 2.24) is 4.98 Å². The number of fused-ring (bicyclic) bond motifs is 1. The summed E-state index contributed by atoms with van der Waals surface area (Å²) in [5, 5.41) is 10.5. The van der Waals surface area contributed by atoms with Gasteiger partial charge in [-0.05, 0) is 75.1 Å². The molecular formula is C26H27N3O2. The van der Waals surface area contributed by atoms with Crippen molar-refractivity contribution < 1.29 is 9.53 Å². The Morgan fingerprint density at radius 2 is 1.84 bits per heavy atom. The zero-order chi connectivity index (χ0) is 22.2. The number of methoxy groups -OCH3 is 1. The van der Waals surface area contributed by atoms with E-state index in [0.29, 0.717) is 16.8 Å². The molecule has 2 heterocycles. The number of anilines is 1. The summed E-state index contributed by atoms with van der Waals surface area (Å²) in [6, 6.07) is 16.2. The van der Waals surface area contributed by atoms with E-state index in [-0.39, 0.29) is 11.4 Å². The first-order valence-corrected chi connectivity index (χ1v) is 10.6. The highest BCUT2D eigenvalue weighted by Crippen LogP contribution is 2.32. The standard InChI is InChI=1S/C26H27N3O2/c1-17-13-21(18(2)30)23-15-22(25(16-27)28-24(23)14-17)19-5-7-20(8-6-19)29-11-9-26(3,31-4)10-12-29/h5-8,13-15H,9-12H2,1-4H3. The molecule has 1 fully saturated rings. The van der Waals surface area contributed by atoms with Crippen molar-refractivity contribution in [3.8, 4) is 17.2 Å². The second-order valence-corrected chi connectivity index (χ2v) is 8.62. The second-order valence-electron chi connectivity index (χ2n) is 8.62. The Morgan fingerprint density at radius 3 is 2.42 bits per heavy atom. The number of hydrogen-bond donors (Lipinski definition) is 0. The first-order valence-electron chi connectivity index (χ1n) is 10.6. The average Bonchev–Trinajstić information content (AvgIpc) is 2.78. The van der Waals surface area contributed by atoms with Crippen LogP contribution in [0.5, 0.6) is 0 Å². The molecule has 1 aliphatic heterocycles. The van der Waals surface area contributed by atoms with Crippen molar-refractivity contribution in [2.45, 2.75) is 39.2 Å². The van der Waals surface area contributed by atoms with Crippen LogP contribution in [-0.2, 0) is 4.74 Å². The van der Waals surface area contributed by atoms with Crippen molar-refractivity contribution in [2.24, 2.45) is 0 Å². The van der Waals surface area contributed by atoms with Crippen LogP contribution in [0.3, 0.4) is 0 Å². The number of ether oxygens (including phenoxy) is 1. The monoisotopic (exact) mass is 413 g/mol. The van der Waals surface area contributed by atoms with E-state index in [9.17, 15) is 10.1 Å². The molecule has 5 heteroatoms. The first kappa shape index (κ1) is 21.0. The lowest BCUT2D eigenvalue weighted by Crippen LogP contribution is -2.43. The van der Waals surface area contributed by atoms with Crippen LogP contribution in [-0.4, -0.2) is 36.6 Å². The number of benzene rings is 2. The number of ketones is 1. The zero-order valence-electron chi connectivity index (χ0n) is 18.5. The number of carbonyl (C=O) groups excluding carboxylic acids is 1. The van der Waals surface area contributed by atoms with Crippen LogP contribution in [0.1, 0.15) is 48.3 Å². The van der Waals surface area contributed by atoms with Gasteiger partial charge in [0.15, 0.2) is 5.78 Å². The van der Waals surface area contributed by atoms with Crippen molar-refractivity contribution in [2.75, 3.05) is 25.1 Å². The number of aryl methyl sites for hydroxylation is 1. The number of nitrogens with zero attached hydrogens (tertiary/aromatic N) is 3. The number of nitriles is 1. The number of carbonyl (C=O) groups is 1. The molecule has 1 aliphatic rings. The van der Waals surface area contributed by atoms with Gasteiger partial charge in [0, 0.05) is 42.4 Å². The summed E-state index contributed by atoms with van der Waals surface area (Å²) in [6.45, 7) is 7.56. The summed E-state index contributed by atoms with van der Waals surface area (Å²) >= 11 is 0. The molecule has 0 radical (unpaired) electrons. The van der Waals surface area contributed by atoms with Crippen molar-refractivity contribution in [3.63, 3.8) is 0 Å². The molecule has 0 unspecified atom stereocenters. The van der Waals surface area contributed by atoms with Gasteiger partial charge in [-0.15, -0.1) is 0 Å². The molecule has 0 amide bonds. The average molecular weight is 414 g/mol. The third-order valence-electron chi connectivity index (χ3n) is 6.42. The molecule has 0 saturated carbocycles. The predicted octanol–water partition coefficient (Wildman–Crippen LogP) is 5.29. The van der Waals surface area contributed by atoms with E-state index >= 15 is 0 Å². The summed E-state index contributed by atoms with van der Waals surface area (Å²) in [7, 11) is 1.79. The molecule has 4 rings (SSSR count). The molecule has 0 N–H and O–H groups in total. The van der Waals surface area contributed by atoms with Crippen LogP contribution in [0.25, 0.3) is 22.0 Å². The highest BCUT2D eigenvalue weighted by molar-refractivity contribution is 6.07. The van der Waals surface area contributed by atoms with Crippen LogP contribution in [0.2, 0.25) is 0 Å². The molecule has 0 bridgehead atoms. The number of piperidine rings is 1. The number of rotatable bonds is 4. The van der Waals surface area contributed by atoms with E-state index in [1.54, 1.807) is 14.0 Å². The van der Waals surface area contributed by atoms with Gasteiger partial charge < -0.3 is 9.64 Å². The molecule has 1 aromatic heterocycles. The first-order chi connectivity index (χ1) is 14.8. The Morgan fingerprint density at radius 1 is 1.16 bits per heavy atom. The van der Waals surface area contributed by atoms with Gasteiger partial charge in [-0.2, -0.15) is 5.26 Å². The van der Waals surface area contributed by atoms with Crippen molar-refractivity contribution in [3.05, 3.63) is 59.3 Å². The van der Waals surface area contributed by atoms with Gasteiger partial charge in [0.25, 0.3) is 0 Å². The molecule has 2 aromatic carbocycles. The summed E-state index contributed by atoms with van der Waals surface area (Å²) in [6.07, 6.45) is 1.98. The van der Waals surface area contributed by atoms with E-state index in [2.05, 4.69) is 35.0 Å². The molecule has 158 valence electrons. The Kier molecular flexibility index (Phi) is 5.51. The Hall–Kier alpha value is -3.23. The van der Waals surface area contributed by atoms with Gasteiger partial charge in [0.05, 0.1) is 11.1 Å². The summed E-state index contributed by atoms with van der Waals surface area (Å²) in [5.74, 6) is -0.00494. The van der Waals surface area contributed by atoms with Crippen LogP contribution in [0.15, 0.2) is 42.5 Å². The zero-order valence-corrected chi connectivity index (χ0v) is 18.5. The maximum atomic E-state index is 12.2. The molecule has 0 atom stereocenters.